The van der Waals surface area contributed by atoms with Crippen LogP contribution >= 0.6 is 0 Å². The van der Waals surface area contributed by atoms with Gasteiger partial charge in [0.25, 0.3) is 0 Å². The van der Waals surface area contributed by atoms with Crippen LogP contribution in [0.25, 0.3) is 0 Å². The van der Waals surface area contributed by atoms with E-state index in [1.165, 1.54) is 6.08 Å². The molecule has 1 aliphatic rings. The Morgan fingerprint density at radius 3 is 2.43 bits per heavy atom. The molecule has 3 heteroatoms. The van der Waals surface area contributed by atoms with Crippen molar-refractivity contribution in [3.63, 3.8) is 0 Å². The molecule has 0 aliphatic carbocycles. The molecular formula is C4H3BF2. The summed E-state index contributed by atoms with van der Waals surface area (Å²) >= 11 is 0. The van der Waals surface area contributed by atoms with E-state index in [2.05, 4.69) is 0 Å². The Kier molecular flexibility index (Phi) is 0.967. The lowest BCUT2D eigenvalue weighted by Gasteiger charge is -1.81. The van der Waals surface area contributed by atoms with Crippen LogP contribution < -0.4 is 0 Å². The molecular weight excluding hydrogens is 96.9 g/mol. The van der Waals surface area contributed by atoms with Crippen LogP contribution in [0, 0.1) is 0 Å². The molecule has 0 unspecified atom stereocenters. The SMILES string of the molecule is FB1C=CC=C1F. The van der Waals surface area contributed by atoms with Gasteiger partial charge in [0.1, 0.15) is 5.73 Å². The maximum atomic E-state index is 11.8. The highest BCUT2D eigenvalue weighted by Gasteiger charge is 2.18. The summed E-state index contributed by atoms with van der Waals surface area (Å²) in [6.45, 7) is -1.47. The van der Waals surface area contributed by atoms with Gasteiger partial charge in [-0.3, -0.25) is 0 Å². The van der Waals surface area contributed by atoms with Crippen LogP contribution in [0.3, 0.4) is 0 Å². The third kappa shape index (κ3) is 0.708. The average Bonchev–Trinajstić information content (AvgIpc) is 1.91. The Bertz CT molecular complexity index is 128. The fraction of sp³-hybridized carbons (Fsp3) is 0. The van der Waals surface area contributed by atoms with Crippen LogP contribution in [0.5, 0.6) is 0 Å². The normalized spacial score (nSPS) is 18.0. The summed E-state index contributed by atoms with van der Waals surface area (Å²) in [6, 6.07) is 0. The van der Waals surface area contributed by atoms with Gasteiger partial charge in [0.15, 0.2) is 0 Å². The zero-order valence-corrected chi connectivity index (χ0v) is 3.57. The highest BCUT2D eigenvalue weighted by atomic mass is 19.2. The predicted molar refractivity (Wildman–Crippen MR) is 25.2 cm³/mol. The molecule has 0 atom stereocenters. The van der Waals surface area contributed by atoms with Crippen LogP contribution in [-0.2, 0) is 0 Å². The zero-order chi connectivity index (χ0) is 5.28. The molecule has 0 amide bonds. The third-order valence-electron chi connectivity index (χ3n) is 0.799. The second-order valence-electron chi connectivity index (χ2n) is 1.34. The van der Waals surface area contributed by atoms with E-state index in [0.29, 0.717) is 0 Å². The van der Waals surface area contributed by atoms with Gasteiger partial charge in [-0.1, -0.05) is 12.1 Å². The molecule has 0 fully saturated rings. The average molecular weight is 99.9 g/mol. The Morgan fingerprint density at radius 1 is 1.57 bits per heavy atom. The first-order chi connectivity index (χ1) is 3.30. The number of halogens is 2. The van der Waals surface area contributed by atoms with Gasteiger partial charge in [-0.15, -0.1) is 0 Å². The molecule has 1 aliphatic heterocycles. The van der Waals surface area contributed by atoms with Gasteiger partial charge in [-0.2, -0.15) is 0 Å². The Balaban J connectivity index is 2.69. The summed E-state index contributed by atoms with van der Waals surface area (Å²) in [5.41, 5.74) is -0.694. The first-order valence-electron chi connectivity index (χ1n) is 1.98. The van der Waals surface area contributed by atoms with E-state index in [9.17, 15) is 8.71 Å². The molecule has 0 saturated heterocycles. The summed E-state index contributed by atoms with van der Waals surface area (Å²) in [4.78, 5) is 0. The van der Waals surface area contributed by atoms with E-state index in [0.717, 1.165) is 12.1 Å². The molecule has 0 nitrogen and oxygen atoms in total. The van der Waals surface area contributed by atoms with Crippen molar-refractivity contribution >= 4 is 6.99 Å². The molecule has 0 aromatic carbocycles. The number of hydrogen-bond donors (Lipinski definition) is 0. The highest BCUT2D eigenvalue weighted by molar-refractivity contribution is 6.65. The van der Waals surface area contributed by atoms with E-state index < -0.39 is 12.7 Å². The monoisotopic (exact) mass is 100 g/mol. The van der Waals surface area contributed by atoms with Crippen molar-refractivity contribution < 1.29 is 8.71 Å². The Hall–Kier alpha value is -0.595. The third-order valence-corrected chi connectivity index (χ3v) is 0.799. The van der Waals surface area contributed by atoms with Gasteiger partial charge < -0.3 is 4.32 Å². The lowest BCUT2D eigenvalue weighted by molar-refractivity contribution is 0.665. The zero-order valence-electron chi connectivity index (χ0n) is 3.57. The van der Waals surface area contributed by atoms with E-state index in [1.54, 1.807) is 0 Å². The van der Waals surface area contributed by atoms with Crippen LogP contribution in [0.15, 0.2) is 23.9 Å². The second kappa shape index (κ2) is 1.48. The van der Waals surface area contributed by atoms with E-state index >= 15 is 0 Å². The molecule has 1 rings (SSSR count). The molecule has 0 aromatic rings. The van der Waals surface area contributed by atoms with Crippen molar-refractivity contribution in [2.75, 3.05) is 0 Å². The van der Waals surface area contributed by atoms with Gasteiger partial charge in [0.2, 0.25) is 0 Å². The van der Waals surface area contributed by atoms with E-state index in [1.807, 2.05) is 0 Å². The Morgan fingerprint density at radius 2 is 2.29 bits per heavy atom. The van der Waals surface area contributed by atoms with Crippen LogP contribution in [0.4, 0.5) is 8.71 Å². The predicted octanol–water partition coefficient (Wildman–Crippen LogP) is 1.45. The topological polar surface area (TPSA) is 0 Å². The van der Waals surface area contributed by atoms with Gasteiger partial charge >= 0.3 is 6.99 Å². The van der Waals surface area contributed by atoms with Gasteiger partial charge in [0, 0.05) is 0 Å². The fourth-order valence-electron chi connectivity index (χ4n) is 0.429. The summed E-state index contributed by atoms with van der Waals surface area (Å²) in [6.07, 6.45) is 2.48. The number of rotatable bonds is 0. The summed E-state index contributed by atoms with van der Waals surface area (Å²) in [7, 11) is 0. The molecule has 7 heavy (non-hydrogen) atoms. The van der Waals surface area contributed by atoms with Crippen molar-refractivity contribution in [3.05, 3.63) is 23.9 Å². The molecule has 0 bridgehead atoms. The van der Waals surface area contributed by atoms with Crippen molar-refractivity contribution in [1.82, 2.24) is 0 Å². The molecule has 0 radical (unpaired) electrons. The van der Waals surface area contributed by atoms with Gasteiger partial charge in [-0.25, -0.2) is 4.39 Å². The smallest absolute Gasteiger partial charge is 0.320 e. The van der Waals surface area contributed by atoms with Crippen molar-refractivity contribution in [3.8, 4) is 0 Å². The lowest BCUT2D eigenvalue weighted by atomic mass is 9.74. The van der Waals surface area contributed by atoms with Gasteiger partial charge in [-0.05, 0) is 6.08 Å². The minimum absolute atomic E-state index is 0.694. The first-order valence-corrected chi connectivity index (χ1v) is 1.98. The standard InChI is InChI=1S/C4H3BF2/c6-4-2-1-3-5(4)7/h1-3H. The number of hydrogen-bond acceptors (Lipinski definition) is 0. The number of allylic oxidation sites excluding steroid dienone is 2. The maximum absolute atomic E-state index is 11.8. The molecule has 1 heterocycles. The van der Waals surface area contributed by atoms with E-state index in [4.69, 9.17) is 0 Å². The van der Waals surface area contributed by atoms with Crippen molar-refractivity contribution in [1.29, 1.82) is 0 Å². The fourth-order valence-corrected chi connectivity index (χ4v) is 0.429. The first kappa shape index (κ1) is 4.56. The van der Waals surface area contributed by atoms with E-state index in [-0.39, 0.29) is 0 Å². The van der Waals surface area contributed by atoms with Gasteiger partial charge in [0.05, 0.1) is 0 Å². The molecule has 0 N–H and O–H groups in total. The maximum Gasteiger partial charge on any atom is 0.435 e. The quantitative estimate of drug-likeness (QED) is 0.404. The summed E-state index contributed by atoms with van der Waals surface area (Å²) in [5, 5.41) is 0. The molecule has 0 saturated carbocycles. The molecule has 0 spiro atoms. The van der Waals surface area contributed by atoms with Crippen LogP contribution in [-0.4, -0.2) is 6.99 Å². The van der Waals surface area contributed by atoms with Crippen LogP contribution in [0.1, 0.15) is 0 Å². The van der Waals surface area contributed by atoms with Crippen molar-refractivity contribution in [2.24, 2.45) is 0 Å². The Labute approximate surface area is 40.7 Å². The minimum atomic E-state index is -1.47. The second-order valence-corrected chi connectivity index (χ2v) is 1.34. The summed E-state index contributed by atoms with van der Waals surface area (Å²) < 4.78 is 23.5. The largest absolute Gasteiger partial charge is 0.435 e. The van der Waals surface area contributed by atoms with Crippen molar-refractivity contribution in [2.45, 2.75) is 0 Å². The highest BCUT2D eigenvalue weighted by Crippen LogP contribution is 2.10. The lowest BCUT2D eigenvalue weighted by Crippen LogP contribution is -1.96. The minimum Gasteiger partial charge on any atom is -0.320 e. The molecule has 36 valence electrons. The molecule has 0 aromatic heterocycles. The van der Waals surface area contributed by atoms with Crippen LogP contribution in [0.2, 0.25) is 0 Å². The summed E-state index contributed by atoms with van der Waals surface area (Å²) in [5.74, 6) is 1.16.